The Morgan fingerprint density at radius 1 is 1.16 bits per heavy atom. The molecule has 0 saturated carbocycles. The van der Waals surface area contributed by atoms with Crippen LogP contribution in [0.5, 0.6) is 0 Å². The molecule has 0 aliphatic heterocycles. The molecule has 0 unspecified atom stereocenters. The van der Waals surface area contributed by atoms with Crippen molar-refractivity contribution in [3.63, 3.8) is 0 Å². The van der Waals surface area contributed by atoms with E-state index in [4.69, 9.17) is 0 Å². The fourth-order valence-corrected chi connectivity index (χ4v) is 2.01. The van der Waals surface area contributed by atoms with E-state index in [1.54, 1.807) is 0 Å². The molecule has 0 saturated heterocycles. The van der Waals surface area contributed by atoms with Crippen LogP contribution in [0.4, 0.5) is 17.5 Å². The summed E-state index contributed by atoms with van der Waals surface area (Å²) in [4.78, 5) is 8.71. The predicted molar refractivity (Wildman–Crippen MR) is 80.0 cm³/mol. The number of hydrogen-bond donors (Lipinski definition) is 2. The molecule has 4 heteroatoms. The highest BCUT2D eigenvalue weighted by Crippen LogP contribution is 2.21. The monoisotopic (exact) mass is 256 g/mol. The van der Waals surface area contributed by atoms with Crippen LogP contribution in [0.25, 0.3) is 0 Å². The standard InChI is InChI=1S/C15H20N4/c1-4-7-12-8-5-6-9-13(12)18-14-10-11(2)17-15(16-3)19-14/h5-6,8-10H,4,7H2,1-3H3,(H2,16,17,18,19). The molecular weight excluding hydrogens is 236 g/mol. The highest BCUT2D eigenvalue weighted by molar-refractivity contribution is 5.61. The average molecular weight is 256 g/mol. The van der Waals surface area contributed by atoms with Gasteiger partial charge in [-0.15, -0.1) is 0 Å². The number of benzene rings is 1. The molecule has 4 nitrogen and oxygen atoms in total. The van der Waals surface area contributed by atoms with Crippen LogP contribution in [0.3, 0.4) is 0 Å². The lowest BCUT2D eigenvalue weighted by Gasteiger charge is -2.12. The number of anilines is 3. The minimum absolute atomic E-state index is 0.635. The Hall–Kier alpha value is -2.10. The molecule has 2 aromatic rings. The maximum absolute atomic E-state index is 4.42. The van der Waals surface area contributed by atoms with Crippen molar-refractivity contribution in [1.82, 2.24) is 9.97 Å². The van der Waals surface area contributed by atoms with Crippen LogP contribution in [-0.4, -0.2) is 17.0 Å². The van der Waals surface area contributed by atoms with E-state index in [0.717, 1.165) is 30.0 Å². The summed E-state index contributed by atoms with van der Waals surface area (Å²) in [6.45, 7) is 4.15. The van der Waals surface area contributed by atoms with Crippen LogP contribution >= 0.6 is 0 Å². The quantitative estimate of drug-likeness (QED) is 0.859. The van der Waals surface area contributed by atoms with E-state index in [-0.39, 0.29) is 0 Å². The van der Waals surface area contributed by atoms with Crippen molar-refractivity contribution in [2.75, 3.05) is 17.7 Å². The first-order valence-corrected chi connectivity index (χ1v) is 6.61. The molecular formula is C15H20N4. The summed E-state index contributed by atoms with van der Waals surface area (Å²) in [5.74, 6) is 1.45. The van der Waals surface area contributed by atoms with Gasteiger partial charge in [0.15, 0.2) is 0 Å². The zero-order valence-electron chi connectivity index (χ0n) is 11.7. The number of aryl methyl sites for hydroxylation is 2. The Morgan fingerprint density at radius 2 is 1.95 bits per heavy atom. The number of hydrogen-bond acceptors (Lipinski definition) is 4. The smallest absolute Gasteiger partial charge is 0.224 e. The van der Waals surface area contributed by atoms with Gasteiger partial charge in [0.1, 0.15) is 5.82 Å². The summed E-state index contributed by atoms with van der Waals surface area (Å²) < 4.78 is 0. The van der Waals surface area contributed by atoms with E-state index in [1.165, 1.54) is 5.56 Å². The third kappa shape index (κ3) is 3.44. The zero-order chi connectivity index (χ0) is 13.7. The van der Waals surface area contributed by atoms with Crippen molar-refractivity contribution in [2.24, 2.45) is 0 Å². The largest absolute Gasteiger partial charge is 0.357 e. The van der Waals surface area contributed by atoms with Gasteiger partial charge < -0.3 is 10.6 Å². The Kier molecular flexibility index (Phi) is 4.34. The predicted octanol–water partition coefficient (Wildman–Crippen LogP) is 3.52. The number of para-hydroxylation sites is 1. The van der Waals surface area contributed by atoms with Crippen LogP contribution < -0.4 is 10.6 Å². The fraction of sp³-hybridized carbons (Fsp3) is 0.333. The molecule has 0 aliphatic carbocycles. The molecule has 100 valence electrons. The Bertz CT molecular complexity index is 552. The van der Waals surface area contributed by atoms with Crippen LogP contribution in [0.1, 0.15) is 24.6 Å². The first-order valence-electron chi connectivity index (χ1n) is 6.61. The van der Waals surface area contributed by atoms with Gasteiger partial charge in [0.25, 0.3) is 0 Å². The van der Waals surface area contributed by atoms with E-state index < -0.39 is 0 Å². The van der Waals surface area contributed by atoms with E-state index in [0.29, 0.717) is 5.95 Å². The average Bonchev–Trinajstić information content (AvgIpc) is 2.40. The van der Waals surface area contributed by atoms with Gasteiger partial charge in [-0.2, -0.15) is 4.98 Å². The Morgan fingerprint density at radius 3 is 2.68 bits per heavy atom. The van der Waals surface area contributed by atoms with Crippen LogP contribution in [-0.2, 0) is 6.42 Å². The molecule has 1 aromatic heterocycles. The van der Waals surface area contributed by atoms with Crippen molar-refractivity contribution in [1.29, 1.82) is 0 Å². The van der Waals surface area contributed by atoms with Gasteiger partial charge in [-0.1, -0.05) is 31.5 Å². The molecule has 2 rings (SSSR count). The molecule has 0 bridgehead atoms. The molecule has 0 radical (unpaired) electrons. The first-order chi connectivity index (χ1) is 9.22. The minimum Gasteiger partial charge on any atom is -0.357 e. The minimum atomic E-state index is 0.635. The van der Waals surface area contributed by atoms with Crippen molar-refractivity contribution in [2.45, 2.75) is 26.7 Å². The molecule has 1 aromatic carbocycles. The summed E-state index contributed by atoms with van der Waals surface area (Å²) in [6.07, 6.45) is 2.19. The second-order valence-electron chi connectivity index (χ2n) is 4.50. The topological polar surface area (TPSA) is 49.8 Å². The Labute approximate surface area is 114 Å². The second-order valence-corrected chi connectivity index (χ2v) is 4.50. The zero-order valence-corrected chi connectivity index (χ0v) is 11.7. The highest BCUT2D eigenvalue weighted by Gasteiger charge is 2.04. The van der Waals surface area contributed by atoms with Gasteiger partial charge in [-0.25, -0.2) is 4.98 Å². The van der Waals surface area contributed by atoms with Crippen molar-refractivity contribution < 1.29 is 0 Å². The molecule has 2 N–H and O–H groups in total. The molecule has 0 amide bonds. The SMILES string of the molecule is CCCc1ccccc1Nc1cc(C)nc(NC)n1. The van der Waals surface area contributed by atoms with Gasteiger partial charge >= 0.3 is 0 Å². The van der Waals surface area contributed by atoms with Crippen LogP contribution in [0.15, 0.2) is 30.3 Å². The van der Waals surface area contributed by atoms with Gasteiger partial charge in [0.2, 0.25) is 5.95 Å². The van der Waals surface area contributed by atoms with E-state index in [2.05, 4.69) is 45.7 Å². The maximum atomic E-state index is 4.42. The fourth-order valence-electron chi connectivity index (χ4n) is 2.01. The van der Waals surface area contributed by atoms with Crippen LogP contribution in [0.2, 0.25) is 0 Å². The number of nitrogens with zero attached hydrogens (tertiary/aromatic N) is 2. The normalized spacial score (nSPS) is 10.3. The highest BCUT2D eigenvalue weighted by atomic mass is 15.1. The third-order valence-electron chi connectivity index (χ3n) is 2.88. The molecule has 0 atom stereocenters. The summed E-state index contributed by atoms with van der Waals surface area (Å²) in [5.41, 5.74) is 3.37. The van der Waals surface area contributed by atoms with Crippen LogP contribution in [0, 0.1) is 6.92 Å². The van der Waals surface area contributed by atoms with Gasteiger partial charge in [-0.05, 0) is 25.0 Å². The van der Waals surface area contributed by atoms with E-state index in [9.17, 15) is 0 Å². The lowest BCUT2D eigenvalue weighted by atomic mass is 10.1. The number of nitrogens with one attached hydrogen (secondary N) is 2. The number of rotatable bonds is 5. The molecule has 1 heterocycles. The van der Waals surface area contributed by atoms with Gasteiger partial charge in [-0.3, -0.25) is 0 Å². The third-order valence-corrected chi connectivity index (χ3v) is 2.88. The van der Waals surface area contributed by atoms with Crippen molar-refractivity contribution >= 4 is 17.5 Å². The summed E-state index contributed by atoms with van der Waals surface area (Å²) >= 11 is 0. The van der Waals surface area contributed by atoms with E-state index in [1.807, 2.05) is 26.1 Å². The Balaban J connectivity index is 2.28. The molecule has 0 aliphatic rings. The summed E-state index contributed by atoms with van der Waals surface area (Å²) in [6, 6.07) is 10.3. The molecule has 19 heavy (non-hydrogen) atoms. The van der Waals surface area contributed by atoms with Crippen molar-refractivity contribution in [3.05, 3.63) is 41.6 Å². The van der Waals surface area contributed by atoms with Crippen molar-refractivity contribution in [3.8, 4) is 0 Å². The van der Waals surface area contributed by atoms with Gasteiger partial charge in [0.05, 0.1) is 0 Å². The maximum Gasteiger partial charge on any atom is 0.224 e. The summed E-state index contributed by atoms with van der Waals surface area (Å²) in [7, 11) is 1.82. The van der Waals surface area contributed by atoms with Gasteiger partial charge in [0, 0.05) is 24.5 Å². The molecule has 0 fully saturated rings. The first kappa shape index (κ1) is 13.3. The molecule has 0 spiro atoms. The second kappa shape index (κ2) is 6.18. The number of aromatic nitrogens is 2. The van der Waals surface area contributed by atoms with E-state index >= 15 is 0 Å². The lowest BCUT2D eigenvalue weighted by Crippen LogP contribution is -2.03. The lowest BCUT2D eigenvalue weighted by molar-refractivity contribution is 0.923. The summed E-state index contributed by atoms with van der Waals surface area (Å²) in [5, 5.41) is 6.35.